The fourth-order valence-electron chi connectivity index (χ4n) is 2.11. The number of alkyl halides is 1. The zero-order chi connectivity index (χ0) is 14.5. The lowest BCUT2D eigenvalue weighted by Crippen LogP contribution is -2.11. The summed E-state index contributed by atoms with van der Waals surface area (Å²) in [4.78, 5) is 15.8. The van der Waals surface area contributed by atoms with Crippen molar-refractivity contribution >= 4 is 28.6 Å². The van der Waals surface area contributed by atoms with Crippen molar-refractivity contribution in [2.24, 2.45) is 0 Å². The Hall–Kier alpha value is -1.62. The van der Waals surface area contributed by atoms with Gasteiger partial charge in [-0.15, -0.1) is 11.6 Å². The summed E-state index contributed by atoms with van der Waals surface area (Å²) in [6, 6.07) is 4.43. The van der Waals surface area contributed by atoms with E-state index in [0.29, 0.717) is 31.0 Å². The summed E-state index contributed by atoms with van der Waals surface area (Å²) in [5.41, 5.74) is 1.38. The van der Waals surface area contributed by atoms with E-state index in [0.717, 1.165) is 11.3 Å². The molecule has 0 radical (unpaired) electrons. The van der Waals surface area contributed by atoms with Gasteiger partial charge in [0.05, 0.1) is 24.1 Å². The quantitative estimate of drug-likeness (QED) is 0.608. The highest BCUT2D eigenvalue weighted by Gasteiger charge is 2.12. The number of ether oxygens (including phenoxy) is 1. The molecular formula is C14H16ClFN2O2. The molecule has 1 aromatic heterocycles. The van der Waals surface area contributed by atoms with Crippen molar-refractivity contribution in [3.63, 3.8) is 0 Å². The van der Waals surface area contributed by atoms with Crippen molar-refractivity contribution < 1.29 is 13.9 Å². The maximum atomic E-state index is 13.2. The van der Waals surface area contributed by atoms with Crippen molar-refractivity contribution in [2.45, 2.75) is 26.3 Å². The van der Waals surface area contributed by atoms with Gasteiger partial charge in [0.1, 0.15) is 11.6 Å². The van der Waals surface area contributed by atoms with E-state index in [4.69, 9.17) is 16.3 Å². The topological polar surface area (TPSA) is 44.1 Å². The number of hydrogen-bond donors (Lipinski definition) is 0. The van der Waals surface area contributed by atoms with Crippen LogP contribution in [0, 0.1) is 5.82 Å². The number of aryl methyl sites for hydroxylation is 2. The van der Waals surface area contributed by atoms with E-state index in [2.05, 4.69) is 4.98 Å². The number of carbonyl (C=O) groups is 1. The van der Waals surface area contributed by atoms with Crippen LogP contribution in [0.25, 0.3) is 11.0 Å². The molecule has 0 aliphatic heterocycles. The van der Waals surface area contributed by atoms with Crippen LogP contribution < -0.4 is 0 Å². The van der Waals surface area contributed by atoms with Crippen molar-refractivity contribution in [3.8, 4) is 0 Å². The van der Waals surface area contributed by atoms with Gasteiger partial charge in [-0.25, -0.2) is 9.37 Å². The van der Waals surface area contributed by atoms with E-state index < -0.39 is 0 Å². The first-order valence-corrected chi connectivity index (χ1v) is 7.05. The molecule has 0 fully saturated rings. The number of aromatic nitrogens is 2. The van der Waals surface area contributed by atoms with Gasteiger partial charge in [0.2, 0.25) is 0 Å². The van der Waals surface area contributed by atoms with Gasteiger partial charge in [-0.2, -0.15) is 0 Å². The Morgan fingerprint density at radius 1 is 1.50 bits per heavy atom. The Kier molecular flexibility index (Phi) is 4.95. The van der Waals surface area contributed by atoms with Gasteiger partial charge < -0.3 is 9.30 Å². The van der Waals surface area contributed by atoms with Crippen LogP contribution in [0.3, 0.4) is 0 Å². The minimum Gasteiger partial charge on any atom is -0.466 e. The predicted octanol–water partition coefficient (Wildman–Crippen LogP) is 2.91. The molecule has 6 heteroatoms. The van der Waals surface area contributed by atoms with Crippen molar-refractivity contribution in [2.75, 3.05) is 12.5 Å². The van der Waals surface area contributed by atoms with Crippen molar-refractivity contribution in [1.29, 1.82) is 0 Å². The number of halogens is 2. The number of nitrogens with zero attached hydrogens (tertiary/aromatic N) is 2. The Morgan fingerprint density at radius 3 is 3.00 bits per heavy atom. The van der Waals surface area contributed by atoms with Gasteiger partial charge >= 0.3 is 5.97 Å². The molecule has 1 heterocycles. The van der Waals surface area contributed by atoms with E-state index in [1.54, 1.807) is 13.0 Å². The minimum absolute atomic E-state index is 0.256. The minimum atomic E-state index is -0.329. The highest BCUT2D eigenvalue weighted by atomic mass is 35.5. The molecule has 1 aromatic carbocycles. The number of benzene rings is 1. The Labute approximate surface area is 121 Å². The summed E-state index contributed by atoms with van der Waals surface area (Å²) in [5.74, 6) is 0.591. The van der Waals surface area contributed by atoms with E-state index in [-0.39, 0.29) is 18.2 Å². The third-order valence-corrected chi connectivity index (χ3v) is 3.14. The summed E-state index contributed by atoms with van der Waals surface area (Å²) in [5, 5.41) is 0. The molecule has 20 heavy (non-hydrogen) atoms. The normalized spacial score (nSPS) is 10.9. The average molecular weight is 299 g/mol. The fourth-order valence-corrected chi connectivity index (χ4v) is 2.28. The third kappa shape index (κ3) is 3.28. The molecule has 0 saturated heterocycles. The molecule has 0 bridgehead atoms. The lowest BCUT2D eigenvalue weighted by molar-refractivity contribution is -0.143. The zero-order valence-electron chi connectivity index (χ0n) is 11.2. The molecule has 108 valence electrons. The summed E-state index contributed by atoms with van der Waals surface area (Å²) < 4.78 is 20.0. The summed E-state index contributed by atoms with van der Waals surface area (Å²) in [6.45, 7) is 2.59. The zero-order valence-corrected chi connectivity index (χ0v) is 12.0. The molecule has 0 unspecified atom stereocenters. The molecular weight excluding hydrogens is 283 g/mol. The highest BCUT2D eigenvalue weighted by molar-refractivity contribution is 6.17. The summed E-state index contributed by atoms with van der Waals surface area (Å²) in [6.07, 6.45) is 0.826. The molecule has 0 N–H and O–H groups in total. The second-order valence-electron chi connectivity index (χ2n) is 4.31. The molecule has 0 aliphatic rings. The smallest absolute Gasteiger partial charge is 0.307 e. The third-order valence-electron chi connectivity index (χ3n) is 2.95. The lowest BCUT2D eigenvalue weighted by atomic mass is 10.3. The number of imidazole rings is 1. The second-order valence-corrected chi connectivity index (χ2v) is 4.68. The van der Waals surface area contributed by atoms with E-state index >= 15 is 0 Å². The van der Waals surface area contributed by atoms with Crippen LogP contribution in [-0.2, 0) is 22.5 Å². The highest BCUT2D eigenvalue weighted by Crippen LogP contribution is 2.19. The number of fused-ring (bicyclic) bond motifs is 1. The van der Waals surface area contributed by atoms with E-state index in [1.807, 2.05) is 4.57 Å². The molecule has 4 nitrogen and oxygen atoms in total. The Bertz CT molecular complexity index is 612. The van der Waals surface area contributed by atoms with Crippen LogP contribution in [-0.4, -0.2) is 28.0 Å². The van der Waals surface area contributed by atoms with Gasteiger partial charge in [-0.05, 0) is 19.1 Å². The molecule has 2 aromatic rings. The van der Waals surface area contributed by atoms with E-state index in [1.165, 1.54) is 12.1 Å². The molecule has 0 amide bonds. The van der Waals surface area contributed by atoms with Crippen LogP contribution in [0.5, 0.6) is 0 Å². The molecule has 0 saturated carbocycles. The van der Waals surface area contributed by atoms with E-state index in [9.17, 15) is 9.18 Å². The van der Waals surface area contributed by atoms with Gasteiger partial charge in [0, 0.05) is 24.9 Å². The standard InChI is InChI=1S/C14H16ClFN2O2/c1-2-20-14(19)6-8-18-12-4-3-10(16)9-11(12)17-13(18)5-7-15/h3-4,9H,2,5-8H2,1H3. The SMILES string of the molecule is CCOC(=O)CCn1c(CCCl)nc2cc(F)ccc21. The average Bonchev–Trinajstić information content (AvgIpc) is 2.74. The maximum absolute atomic E-state index is 13.2. The first kappa shape index (κ1) is 14.8. The van der Waals surface area contributed by atoms with Gasteiger partial charge in [-0.1, -0.05) is 0 Å². The first-order valence-electron chi connectivity index (χ1n) is 6.52. The van der Waals surface area contributed by atoms with Crippen LogP contribution in [0.4, 0.5) is 4.39 Å². The molecule has 2 rings (SSSR count). The number of hydrogen-bond acceptors (Lipinski definition) is 3. The van der Waals surface area contributed by atoms with Crippen molar-refractivity contribution in [1.82, 2.24) is 9.55 Å². The monoisotopic (exact) mass is 298 g/mol. The fraction of sp³-hybridized carbons (Fsp3) is 0.429. The van der Waals surface area contributed by atoms with Gasteiger partial charge in [0.15, 0.2) is 0 Å². The molecule has 0 spiro atoms. The van der Waals surface area contributed by atoms with Gasteiger partial charge in [-0.3, -0.25) is 4.79 Å². The lowest BCUT2D eigenvalue weighted by Gasteiger charge is -2.08. The Balaban J connectivity index is 2.28. The maximum Gasteiger partial charge on any atom is 0.307 e. The van der Waals surface area contributed by atoms with Gasteiger partial charge in [0.25, 0.3) is 0 Å². The number of esters is 1. The number of carbonyl (C=O) groups excluding carboxylic acids is 1. The van der Waals surface area contributed by atoms with Crippen LogP contribution in [0.1, 0.15) is 19.2 Å². The largest absolute Gasteiger partial charge is 0.466 e. The van der Waals surface area contributed by atoms with Crippen LogP contribution in [0.2, 0.25) is 0 Å². The first-order chi connectivity index (χ1) is 9.65. The van der Waals surface area contributed by atoms with Crippen molar-refractivity contribution in [3.05, 3.63) is 29.8 Å². The van der Waals surface area contributed by atoms with Crippen LogP contribution in [0.15, 0.2) is 18.2 Å². The molecule has 0 aliphatic carbocycles. The Morgan fingerprint density at radius 2 is 2.30 bits per heavy atom. The predicted molar refractivity (Wildman–Crippen MR) is 75.4 cm³/mol. The summed E-state index contributed by atoms with van der Waals surface area (Å²) >= 11 is 5.76. The second kappa shape index (κ2) is 6.70. The molecule has 0 atom stereocenters. The number of rotatable bonds is 6. The summed E-state index contributed by atoms with van der Waals surface area (Å²) in [7, 11) is 0. The van der Waals surface area contributed by atoms with Crippen LogP contribution >= 0.6 is 11.6 Å².